The van der Waals surface area contributed by atoms with Crippen molar-refractivity contribution in [1.82, 2.24) is 10.2 Å². The van der Waals surface area contributed by atoms with Crippen molar-refractivity contribution in [1.29, 1.82) is 0 Å². The summed E-state index contributed by atoms with van der Waals surface area (Å²) in [6.45, 7) is 8.03. The Bertz CT molecular complexity index is 825. The number of halogens is 1. The number of likely N-dealkylation sites (tertiary alicyclic amines) is 1. The minimum absolute atomic E-state index is 0.0870. The number of piperidine rings is 1. The third-order valence-corrected chi connectivity index (χ3v) is 7.33. The Kier molecular flexibility index (Phi) is 7.24. The minimum atomic E-state index is -0.968. The molecule has 1 saturated heterocycles. The molecule has 1 unspecified atom stereocenters. The van der Waals surface area contributed by atoms with Gasteiger partial charge in [-0.3, -0.25) is 9.59 Å². The zero-order valence-corrected chi connectivity index (χ0v) is 19.3. The molecule has 4 atom stereocenters. The Morgan fingerprint density at radius 1 is 1.35 bits per heavy atom. The van der Waals surface area contributed by atoms with Crippen LogP contribution in [-0.2, 0) is 20.0 Å². The number of ketones is 1. The van der Waals surface area contributed by atoms with Crippen molar-refractivity contribution < 1.29 is 19.5 Å². The number of benzene rings is 1. The maximum Gasteiger partial charge on any atom is 0.224 e. The van der Waals surface area contributed by atoms with Gasteiger partial charge in [-0.25, -0.2) is 0 Å². The van der Waals surface area contributed by atoms with Crippen molar-refractivity contribution in [2.75, 3.05) is 19.6 Å². The van der Waals surface area contributed by atoms with Crippen LogP contribution < -0.4 is 5.32 Å². The number of Topliss-reactive ketones (excluding diaryl/α,β-unsaturated/α-hetero) is 1. The maximum absolute atomic E-state index is 12.4. The Labute approximate surface area is 189 Å². The summed E-state index contributed by atoms with van der Waals surface area (Å²) in [7, 11) is 0. The van der Waals surface area contributed by atoms with Gasteiger partial charge >= 0.3 is 0 Å². The molecule has 6 nitrogen and oxygen atoms in total. The predicted molar refractivity (Wildman–Crippen MR) is 120 cm³/mol. The quantitative estimate of drug-likeness (QED) is 0.626. The Balaban J connectivity index is 1.61. The normalized spacial score (nSPS) is 28.2. The third-order valence-electron chi connectivity index (χ3n) is 7.08. The highest BCUT2D eigenvalue weighted by atomic mass is 35.5. The highest BCUT2D eigenvalue weighted by Gasteiger charge is 2.48. The van der Waals surface area contributed by atoms with E-state index in [2.05, 4.69) is 24.1 Å². The number of aliphatic hydroxyl groups is 1. The van der Waals surface area contributed by atoms with Gasteiger partial charge < -0.3 is 20.1 Å². The molecule has 2 N–H and O–H groups in total. The van der Waals surface area contributed by atoms with Gasteiger partial charge in [-0.15, -0.1) is 0 Å². The molecule has 7 heteroatoms. The Morgan fingerprint density at radius 3 is 2.58 bits per heavy atom. The van der Waals surface area contributed by atoms with Gasteiger partial charge in [-0.2, -0.15) is 0 Å². The summed E-state index contributed by atoms with van der Waals surface area (Å²) in [6.07, 6.45) is 2.64. The fourth-order valence-electron chi connectivity index (χ4n) is 4.99. The van der Waals surface area contributed by atoms with E-state index < -0.39 is 17.1 Å². The summed E-state index contributed by atoms with van der Waals surface area (Å²) in [6, 6.07) is 6.77. The lowest BCUT2D eigenvalue weighted by molar-refractivity contribution is -0.131. The summed E-state index contributed by atoms with van der Waals surface area (Å²) in [5.74, 6) is -0.494. The van der Waals surface area contributed by atoms with Crippen molar-refractivity contribution in [3.05, 3.63) is 34.9 Å². The van der Waals surface area contributed by atoms with E-state index >= 15 is 0 Å². The molecule has 0 radical (unpaired) electrons. The van der Waals surface area contributed by atoms with E-state index in [0.29, 0.717) is 43.9 Å². The monoisotopic (exact) mass is 448 g/mol. The molecule has 1 aromatic carbocycles. The number of hydrogen-bond donors (Lipinski definition) is 2. The average molecular weight is 449 g/mol. The standard InChI is InChI=1S/C24H33ClN2O4/c1-16(21(14-28)26-22(30)17-4-9-20(29)12-17)13-27-11-10-24(31,23(2,3)15-27)18-5-7-19(25)8-6-18/h5-8,14,16-17,21,31H,4,9-13,15H2,1-3H3,(H,26,30)/t16-,17+,21?,24-/m0/s1. The number of carbonyl (C=O) groups is 3. The lowest BCUT2D eigenvalue weighted by Gasteiger charge is -2.51. The van der Waals surface area contributed by atoms with Crippen LogP contribution in [0.1, 0.15) is 52.0 Å². The third kappa shape index (κ3) is 5.18. The first-order chi connectivity index (χ1) is 14.6. The molecule has 2 fully saturated rings. The van der Waals surface area contributed by atoms with Crippen LogP contribution in [0.4, 0.5) is 0 Å². The molecular weight excluding hydrogens is 416 g/mol. The van der Waals surface area contributed by atoms with Gasteiger partial charge in [-0.1, -0.05) is 44.5 Å². The molecule has 1 amide bonds. The molecule has 170 valence electrons. The number of carbonyl (C=O) groups excluding carboxylic acids is 3. The highest BCUT2D eigenvalue weighted by Crippen LogP contribution is 2.46. The van der Waals surface area contributed by atoms with Crippen LogP contribution in [0, 0.1) is 17.3 Å². The second-order valence-electron chi connectivity index (χ2n) is 9.86. The molecule has 1 saturated carbocycles. The summed E-state index contributed by atoms with van der Waals surface area (Å²) in [5, 5.41) is 15.0. The molecule has 1 aromatic rings. The van der Waals surface area contributed by atoms with Gasteiger partial charge in [0.2, 0.25) is 5.91 Å². The topological polar surface area (TPSA) is 86.7 Å². The number of nitrogens with one attached hydrogen (secondary N) is 1. The zero-order chi connectivity index (χ0) is 22.8. The second-order valence-corrected chi connectivity index (χ2v) is 10.3. The summed E-state index contributed by atoms with van der Waals surface area (Å²) in [5.41, 5.74) is -0.521. The fraction of sp³-hybridized carbons (Fsp3) is 0.625. The van der Waals surface area contributed by atoms with E-state index in [1.807, 2.05) is 19.1 Å². The number of aldehydes is 1. The van der Waals surface area contributed by atoms with Crippen molar-refractivity contribution >= 4 is 29.6 Å². The number of nitrogens with zero attached hydrogens (tertiary/aromatic N) is 1. The lowest BCUT2D eigenvalue weighted by atomic mass is 9.66. The average Bonchev–Trinajstić information content (AvgIpc) is 3.15. The van der Waals surface area contributed by atoms with E-state index in [1.54, 1.807) is 12.1 Å². The van der Waals surface area contributed by atoms with Crippen molar-refractivity contribution in [2.45, 2.75) is 58.1 Å². The van der Waals surface area contributed by atoms with E-state index in [4.69, 9.17) is 11.6 Å². The van der Waals surface area contributed by atoms with Crippen LogP contribution in [0.25, 0.3) is 0 Å². The van der Waals surface area contributed by atoms with Crippen molar-refractivity contribution in [2.24, 2.45) is 17.3 Å². The smallest absolute Gasteiger partial charge is 0.224 e. The molecule has 3 rings (SSSR count). The van der Waals surface area contributed by atoms with Gasteiger partial charge in [0.25, 0.3) is 0 Å². The van der Waals surface area contributed by atoms with Crippen LogP contribution in [0.2, 0.25) is 5.02 Å². The van der Waals surface area contributed by atoms with Gasteiger partial charge in [-0.05, 0) is 36.5 Å². The first-order valence-corrected chi connectivity index (χ1v) is 11.4. The van der Waals surface area contributed by atoms with Gasteiger partial charge in [0, 0.05) is 48.8 Å². The van der Waals surface area contributed by atoms with Crippen molar-refractivity contribution in [3.8, 4) is 0 Å². The highest BCUT2D eigenvalue weighted by molar-refractivity contribution is 6.30. The van der Waals surface area contributed by atoms with Gasteiger partial charge in [0.15, 0.2) is 0 Å². The molecular formula is C24H33ClN2O4. The maximum atomic E-state index is 12.4. The number of hydrogen-bond acceptors (Lipinski definition) is 5. The van der Waals surface area contributed by atoms with E-state index in [0.717, 1.165) is 11.8 Å². The van der Waals surface area contributed by atoms with E-state index in [9.17, 15) is 19.5 Å². The molecule has 0 aromatic heterocycles. The Hall–Kier alpha value is -1.76. The molecule has 0 spiro atoms. The van der Waals surface area contributed by atoms with Gasteiger partial charge in [0.05, 0.1) is 11.6 Å². The van der Waals surface area contributed by atoms with Crippen LogP contribution in [0.3, 0.4) is 0 Å². The first-order valence-electron chi connectivity index (χ1n) is 11.0. The molecule has 1 heterocycles. The first kappa shape index (κ1) is 23.9. The second kappa shape index (κ2) is 9.39. The Morgan fingerprint density at radius 2 is 2.03 bits per heavy atom. The SMILES string of the molecule is C[C@@H](CN1CC[C@](O)(c2ccc(Cl)cc2)C(C)(C)C1)C(C=O)NC(=O)[C@@H]1CCC(=O)C1. The lowest BCUT2D eigenvalue weighted by Crippen LogP contribution is -2.57. The number of amides is 1. The van der Waals surface area contributed by atoms with Gasteiger partial charge in [0.1, 0.15) is 12.1 Å². The largest absolute Gasteiger partial charge is 0.385 e. The summed E-state index contributed by atoms with van der Waals surface area (Å²) >= 11 is 6.01. The van der Waals surface area contributed by atoms with Crippen LogP contribution >= 0.6 is 11.6 Å². The fourth-order valence-corrected chi connectivity index (χ4v) is 5.12. The van der Waals surface area contributed by atoms with Crippen LogP contribution in [-0.4, -0.2) is 53.7 Å². The zero-order valence-electron chi connectivity index (χ0n) is 18.6. The molecule has 2 aliphatic rings. The van der Waals surface area contributed by atoms with Crippen LogP contribution in [0.15, 0.2) is 24.3 Å². The van der Waals surface area contributed by atoms with E-state index in [-0.39, 0.29) is 29.9 Å². The van der Waals surface area contributed by atoms with Crippen molar-refractivity contribution in [3.63, 3.8) is 0 Å². The number of rotatable bonds is 7. The summed E-state index contributed by atoms with van der Waals surface area (Å²) in [4.78, 5) is 37.8. The molecule has 0 bridgehead atoms. The predicted octanol–water partition coefficient (Wildman–Crippen LogP) is 2.95. The van der Waals surface area contributed by atoms with E-state index in [1.165, 1.54) is 0 Å². The molecule has 1 aliphatic carbocycles. The molecule has 1 aliphatic heterocycles. The van der Waals surface area contributed by atoms with Crippen LogP contribution in [0.5, 0.6) is 0 Å². The summed E-state index contributed by atoms with van der Waals surface area (Å²) < 4.78 is 0. The molecule has 31 heavy (non-hydrogen) atoms. The minimum Gasteiger partial charge on any atom is -0.385 e.